The summed E-state index contributed by atoms with van der Waals surface area (Å²) in [4.78, 5) is 14.7. The van der Waals surface area contributed by atoms with Gasteiger partial charge in [-0.1, -0.05) is 39.4 Å². The molecular formula is C14H27N3OS. The lowest BCUT2D eigenvalue weighted by molar-refractivity contribution is -0.122. The van der Waals surface area contributed by atoms with Crippen molar-refractivity contribution in [1.82, 2.24) is 15.5 Å². The molecule has 1 saturated heterocycles. The van der Waals surface area contributed by atoms with Crippen LogP contribution < -0.4 is 10.6 Å². The molecule has 1 heterocycles. The molecule has 0 aromatic carbocycles. The number of thiocarbonyl (C=S) groups is 1. The van der Waals surface area contributed by atoms with E-state index in [9.17, 15) is 4.79 Å². The molecule has 1 rings (SSSR count). The van der Waals surface area contributed by atoms with Crippen molar-refractivity contribution in [1.29, 1.82) is 0 Å². The highest BCUT2D eigenvalue weighted by Crippen LogP contribution is 2.21. The van der Waals surface area contributed by atoms with Gasteiger partial charge in [0.1, 0.15) is 0 Å². The van der Waals surface area contributed by atoms with Crippen LogP contribution in [-0.4, -0.2) is 42.1 Å². The molecule has 1 fully saturated rings. The summed E-state index contributed by atoms with van der Waals surface area (Å²) in [7, 11) is 0. The van der Waals surface area contributed by atoms with E-state index in [1.807, 2.05) is 0 Å². The zero-order valence-electron chi connectivity index (χ0n) is 12.4. The first-order valence-corrected chi connectivity index (χ1v) is 7.53. The number of rotatable bonds is 6. The maximum atomic E-state index is 11.7. The Morgan fingerprint density at radius 3 is 2.74 bits per heavy atom. The predicted octanol–water partition coefficient (Wildman–Crippen LogP) is 1.90. The molecule has 2 N–H and O–H groups in total. The molecule has 1 aliphatic heterocycles. The van der Waals surface area contributed by atoms with Gasteiger partial charge in [0, 0.05) is 19.5 Å². The summed E-state index contributed by atoms with van der Waals surface area (Å²) >= 11 is 5.06. The Hall–Kier alpha value is -0.680. The number of carbonyl (C=O) groups is 1. The van der Waals surface area contributed by atoms with Crippen molar-refractivity contribution >= 4 is 23.1 Å². The fourth-order valence-electron chi connectivity index (χ4n) is 2.03. The Kier molecular flexibility index (Phi) is 6.72. The van der Waals surface area contributed by atoms with Crippen LogP contribution in [-0.2, 0) is 4.79 Å². The molecule has 0 unspecified atom stereocenters. The van der Waals surface area contributed by atoms with Gasteiger partial charge in [-0.05, 0) is 18.3 Å². The molecule has 4 nitrogen and oxygen atoms in total. The third-order valence-electron chi connectivity index (χ3n) is 3.20. The van der Waals surface area contributed by atoms with Gasteiger partial charge in [-0.15, -0.1) is 0 Å². The van der Waals surface area contributed by atoms with Gasteiger partial charge in [0.2, 0.25) is 5.91 Å². The molecule has 19 heavy (non-hydrogen) atoms. The van der Waals surface area contributed by atoms with E-state index in [0.717, 1.165) is 30.9 Å². The van der Waals surface area contributed by atoms with Crippen molar-refractivity contribution in [2.75, 3.05) is 26.3 Å². The molecule has 5 heteroatoms. The maximum Gasteiger partial charge on any atom is 0.234 e. The molecule has 0 atom stereocenters. The van der Waals surface area contributed by atoms with Crippen molar-refractivity contribution in [3.63, 3.8) is 0 Å². The summed E-state index contributed by atoms with van der Waals surface area (Å²) in [6.07, 6.45) is 4.29. The van der Waals surface area contributed by atoms with Gasteiger partial charge in [0.25, 0.3) is 0 Å². The van der Waals surface area contributed by atoms with Crippen LogP contribution in [0.25, 0.3) is 0 Å². The zero-order valence-corrected chi connectivity index (χ0v) is 13.2. The van der Waals surface area contributed by atoms with E-state index < -0.39 is 0 Å². The van der Waals surface area contributed by atoms with Crippen molar-refractivity contribution < 1.29 is 4.79 Å². The number of unbranched alkanes of at least 4 members (excludes halogenated alkanes) is 1. The van der Waals surface area contributed by atoms with E-state index in [1.165, 1.54) is 12.8 Å². The van der Waals surface area contributed by atoms with Crippen LogP contribution in [0.2, 0.25) is 0 Å². The van der Waals surface area contributed by atoms with Gasteiger partial charge in [-0.2, -0.15) is 0 Å². The molecule has 0 aliphatic carbocycles. The molecule has 110 valence electrons. The Labute approximate surface area is 122 Å². The van der Waals surface area contributed by atoms with Gasteiger partial charge in [-0.25, -0.2) is 0 Å². The minimum atomic E-state index is 0.116. The highest BCUT2D eigenvalue weighted by atomic mass is 32.1. The Bertz CT molecular complexity index is 302. The van der Waals surface area contributed by atoms with Gasteiger partial charge in [-0.3, -0.25) is 9.69 Å². The van der Waals surface area contributed by atoms with Crippen LogP contribution in [0.3, 0.4) is 0 Å². The first kappa shape index (κ1) is 16.4. The van der Waals surface area contributed by atoms with Crippen LogP contribution in [0, 0.1) is 5.41 Å². The Balaban J connectivity index is 2.03. The predicted molar refractivity (Wildman–Crippen MR) is 83.1 cm³/mol. The topological polar surface area (TPSA) is 44.4 Å². The first-order valence-electron chi connectivity index (χ1n) is 7.12. The lowest BCUT2D eigenvalue weighted by Crippen LogP contribution is -2.48. The molecular weight excluding hydrogens is 258 g/mol. The summed E-state index contributed by atoms with van der Waals surface area (Å²) < 4.78 is 0. The van der Waals surface area contributed by atoms with E-state index in [-0.39, 0.29) is 5.91 Å². The van der Waals surface area contributed by atoms with E-state index >= 15 is 0 Å². The van der Waals surface area contributed by atoms with Crippen molar-refractivity contribution in [3.8, 4) is 0 Å². The van der Waals surface area contributed by atoms with E-state index in [4.69, 9.17) is 12.2 Å². The largest absolute Gasteiger partial charge is 0.367 e. The second-order valence-electron chi connectivity index (χ2n) is 6.43. The second kappa shape index (κ2) is 7.80. The van der Waals surface area contributed by atoms with E-state index in [2.05, 4.69) is 36.3 Å². The van der Waals surface area contributed by atoms with Crippen LogP contribution in [0.1, 0.15) is 46.5 Å². The summed E-state index contributed by atoms with van der Waals surface area (Å²) in [6.45, 7) is 9.57. The molecule has 0 aromatic rings. The normalized spacial score (nSPS) is 17.1. The molecule has 0 saturated carbocycles. The molecule has 0 aromatic heterocycles. The van der Waals surface area contributed by atoms with Gasteiger partial charge >= 0.3 is 0 Å². The summed E-state index contributed by atoms with van der Waals surface area (Å²) in [5.41, 5.74) is 0.391. The summed E-state index contributed by atoms with van der Waals surface area (Å²) in [5, 5.41) is 6.09. The molecule has 0 spiro atoms. The lowest BCUT2D eigenvalue weighted by atomic mass is 9.90. The van der Waals surface area contributed by atoms with Gasteiger partial charge < -0.3 is 10.6 Å². The summed E-state index contributed by atoms with van der Waals surface area (Å²) in [6, 6.07) is 0. The average Bonchev–Trinajstić information content (AvgIpc) is 2.30. The van der Waals surface area contributed by atoms with Crippen molar-refractivity contribution in [3.05, 3.63) is 0 Å². The number of carbonyl (C=O) groups excluding carboxylic acids is 1. The Morgan fingerprint density at radius 2 is 2.16 bits per heavy atom. The zero-order chi connectivity index (χ0) is 14.3. The highest BCUT2D eigenvalue weighted by Gasteiger charge is 2.15. The minimum absolute atomic E-state index is 0.116. The molecule has 1 aliphatic rings. The number of hydrogen-bond donors (Lipinski definition) is 2. The first-order chi connectivity index (χ1) is 8.87. The van der Waals surface area contributed by atoms with Gasteiger partial charge in [0.05, 0.1) is 18.2 Å². The third-order valence-corrected chi connectivity index (χ3v) is 3.55. The summed E-state index contributed by atoms with van der Waals surface area (Å²) in [5.74, 6) is 0.116. The number of amides is 1. The second-order valence-corrected chi connectivity index (χ2v) is 6.92. The van der Waals surface area contributed by atoms with Crippen LogP contribution >= 0.6 is 12.2 Å². The standard InChI is InChI=1S/C14H27N3OS/c1-14(2,3)7-4-5-8-15-12(18)10-17-9-6-13(19)16-11-17/h4-11H2,1-3H3,(H,15,18)(H,16,19). The fourth-order valence-corrected chi connectivity index (χ4v) is 2.19. The number of nitrogens with zero attached hydrogens (tertiary/aromatic N) is 1. The fraction of sp³-hybridized carbons (Fsp3) is 0.857. The number of hydrogen-bond acceptors (Lipinski definition) is 3. The van der Waals surface area contributed by atoms with Crippen LogP contribution in [0.5, 0.6) is 0 Å². The molecule has 0 radical (unpaired) electrons. The monoisotopic (exact) mass is 285 g/mol. The molecule has 0 bridgehead atoms. The van der Waals surface area contributed by atoms with E-state index in [0.29, 0.717) is 18.6 Å². The third kappa shape index (κ3) is 8.16. The smallest absolute Gasteiger partial charge is 0.234 e. The van der Waals surface area contributed by atoms with Crippen molar-refractivity contribution in [2.45, 2.75) is 46.5 Å². The molecule has 1 amide bonds. The Morgan fingerprint density at radius 1 is 1.42 bits per heavy atom. The minimum Gasteiger partial charge on any atom is -0.367 e. The maximum absolute atomic E-state index is 11.7. The highest BCUT2D eigenvalue weighted by molar-refractivity contribution is 7.80. The number of nitrogens with one attached hydrogen (secondary N) is 2. The van der Waals surface area contributed by atoms with Gasteiger partial charge in [0.15, 0.2) is 0 Å². The van der Waals surface area contributed by atoms with E-state index in [1.54, 1.807) is 0 Å². The van der Waals surface area contributed by atoms with Crippen LogP contribution in [0.15, 0.2) is 0 Å². The average molecular weight is 285 g/mol. The lowest BCUT2D eigenvalue weighted by Gasteiger charge is -2.27. The van der Waals surface area contributed by atoms with Crippen molar-refractivity contribution in [2.24, 2.45) is 5.41 Å². The quantitative estimate of drug-likeness (QED) is 0.578. The SMILES string of the molecule is CC(C)(C)CCCCNC(=O)CN1CCC(=S)NC1. The van der Waals surface area contributed by atoms with Crippen LogP contribution in [0.4, 0.5) is 0 Å².